The number of aliphatic hydroxyl groups is 5. The standard InChI is InChI=1S/C55H89FN6O12/c1-14-45-55(10,68)48(64)36(6)61(12)29-32(2)25-53(8,67)50(34(4)46(35(5)51(66)73-45)43-26-54(9,69-13)49(65)37(7)72-43)74-52-47(63)42(24-33(3)71-52)60(11)23-22-40-30-62(59-58-40)41(27-56)17-15-16-38-18-20-39(21-19-38)44-28-57-31-70-44/h18-21,28,30-37,41-43,45-50,52,63-65,67-68H,14-17,22-27,29H2,1-13H3/t32-,33-,34+,35-,36-,37+,41+,42+,43-,45-,46?,47-,48-,49+,50-,52+,53-,54-,55-/m1/s1. The van der Waals surface area contributed by atoms with Crippen LogP contribution in [0.4, 0.5) is 4.39 Å². The minimum Gasteiger partial charge on any atom is -0.459 e. The lowest BCUT2D eigenvalue weighted by atomic mass is 9.68. The molecular weight excluding hydrogens is 956 g/mol. The van der Waals surface area contributed by atoms with E-state index in [2.05, 4.69) is 15.3 Å². The number of likely N-dealkylation sites (N-methyl/N-ethyl adjacent to an activating group) is 2. The molecule has 5 heterocycles. The van der Waals surface area contributed by atoms with Crippen LogP contribution in [0.3, 0.4) is 0 Å². The Labute approximate surface area is 438 Å². The second-order valence-corrected chi connectivity index (χ2v) is 23.0. The molecule has 5 N–H and O–H groups in total. The molecule has 3 aromatic rings. The highest BCUT2D eigenvalue weighted by Gasteiger charge is 2.55. The number of ether oxygens (including phenoxy) is 5. The van der Waals surface area contributed by atoms with E-state index in [0.717, 1.165) is 24.0 Å². The van der Waals surface area contributed by atoms with Crippen LogP contribution in [0.15, 0.2) is 47.5 Å². The molecule has 0 spiro atoms. The monoisotopic (exact) mass is 1040 g/mol. The largest absolute Gasteiger partial charge is 0.459 e. The third-order valence-electron chi connectivity index (χ3n) is 17.0. The van der Waals surface area contributed by atoms with Crippen molar-refractivity contribution in [1.82, 2.24) is 29.8 Å². The van der Waals surface area contributed by atoms with Gasteiger partial charge in [0.1, 0.15) is 36.7 Å². The van der Waals surface area contributed by atoms with Crippen molar-refractivity contribution in [3.8, 4) is 11.3 Å². The molecule has 1 unspecified atom stereocenters. The van der Waals surface area contributed by atoms with Crippen LogP contribution in [0.1, 0.15) is 125 Å². The number of carbonyl (C=O) groups excluding carboxylic acids is 1. The number of carbonyl (C=O) groups is 1. The van der Waals surface area contributed by atoms with E-state index in [1.807, 2.05) is 68.9 Å². The normalized spacial score (nSPS) is 38.8. The van der Waals surface area contributed by atoms with Gasteiger partial charge < -0.3 is 63.4 Å². The molecule has 3 fully saturated rings. The molecule has 0 amide bonds. The van der Waals surface area contributed by atoms with Crippen molar-refractivity contribution in [1.29, 1.82) is 0 Å². The van der Waals surface area contributed by atoms with Gasteiger partial charge in [-0.25, -0.2) is 14.1 Å². The fourth-order valence-corrected chi connectivity index (χ4v) is 12.3. The minimum absolute atomic E-state index is 0.180. The lowest BCUT2D eigenvalue weighted by Crippen LogP contribution is -2.62. The van der Waals surface area contributed by atoms with Crippen molar-refractivity contribution >= 4 is 5.97 Å². The molecule has 18 nitrogen and oxygen atoms in total. The van der Waals surface area contributed by atoms with Gasteiger partial charge >= 0.3 is 5.97 Å². The summed E-state index contributed by atoms with van der Waals surface area (Å²) in [4.78, 5) is 22.6. The van der Waals surface area contributed by atoms with E-state index in [9.17, 15) is 34.7 Å². The molecular formula is C55H89FN6O12. The van der Waals surface area contributed by atoms with Crippen LogP contribution in [0.25, 0.3) is 11.3 Å². The summed E-state index contributed by atoms with van der Waals surface area (Å²) < 4.78 is 53.7. The Bertz CT molecular complexity index is 2180. The number of methoxy groups -OCH3 is 1. The minimum atomic E-state index is -1.82. The molecule has 0 bridgehead atoms. The quantitative estimate of drug-likeness (QED) is 0.111. The second kappa shape index (κ2) is 25.3. The third kappa shape index (κ3) is 13.8. The van der Waals surface area contributed by atoms with Crippen molar-refractivity contribution in [3.63, 3.8) is 0 Å². The van der Waals surface area contributed by atoms with Gasteiger partial charge in [0.25, 0.3) is 0 Å². The van der Waals surface area contributed by atoms with E-state index in [1.54, 1.807) is 58.6 Å². The van der Waals surface area contributed by atoms with E-state index in [4.69, 9.17) is 28.1 Å². The topological polar surface area (TPSA) is 228 Å². The highest BCUT2D eigenvalue weighted by Crippen LogP contribution is 2.45. The van der Waals surface area contributed by atoms with E-state index in [1.165, 1.54) is 20.4 Å². The fraction of sp³-hybridized carbons (Fsp3) is 0.782. The number of rotatable bonds is 16. The van der Waals surface area contributed by atoms with Crippen molar-refractivity contribution in [2.75, 3.05) is 41.0 Å². The molecule has 0 aliphatic carbocycles. The zero-order valence-electron chi connectivity index (χ0n) is 46.2. The molecule has 19 atom stereocenters. The van der Waals surface area contributed by atoms with Crippen molar-refractivity contribution < 1.29 is 62.8 Å². The first kappa shape index (κ1) is 59.8. The van der Waals surface area contributed by atoms with E-state index >= 15 is 0 Å². The number of aliphatic hydroxyl groups excluding tert-OH is 3. The summed E-state index contributed by atoms with van der Waals surface area (Å²) in [5.41, 5.74) is -1.73. The van der Waals surface area contributed by atoms with Crippen LogP contribution in [0, 0.1) is 23.7 Å². The molecule has 2 aromatic heterocycles. The number of hydrogen-bond donors (Lipinski definition) is 5. The van der Waals surface area contributed by atoms with Gasteiger partial charge in [-0.15, -0.1) is 5.10 Å². The number of alkyl halides is 1. The maximum Gasteiger partial charge on any atom is 0.309 e. The van der Waals surface area contributed by atoms with Crippen LogP contribution in [0.5, 0.6) is 0 Å². The van der Waals surface area contributed by atoms with Gasteiger partial charge in [-0.3, -0.25) is 4.79 Å². The zero-order chi connectivity index (χ0) is 54.4. The Hall–Kier alpha value is -3.47. The van der Waals surface area contributed by atoms with Crippen molar-refractivity contribution in [2.45, 2.75) is 211 Å². The molecule has 3 saturated heterocycles. The molecule has 3 aliphatic rings. The third-order valence-corrected chi connectivity index (χ3v) is 17.0. The van der Waals surface area contributed by atoms with Crippen LogP contribution in [-0.4, -0.2) is 186 Å². The van der Waals surface area contributed by atoms with Gasteiger partial charge in [0.05, 0.1) is 59.5 Å². The highest BCUT2D eigenvalue weighted by molar-refractivity contribution is 5.73. The molecule has 6 rings (SSSR count). The van der Waals surface area contributed by atoms with Crippen molar-refractivity contribution in [3.05, 3.63) is 54.3 Å². The maximum atomic E-state index is 14.6. The van der Waals surface area contributed by atoms with E-state index in [-0.39, 0.29) is 31.3 Å². The summed E-state index contributed by atoms with van der Waals surface area (Å²) in [6.07, 6.45) is -0.100. The number of nitrogens with zero attached hydrogens (tertiary/aromatic N) is 6. The molecule has 1 aromatic carbocycles. The molecule has 74 heavy (non-hydrogen) atoms. The van der Waals surface area contributed by atoms with Crippen molar-refractivity contribution in [2.24, 2.45) is 23.7 Å². The maximum absolute atomic E-state index is 14.6. The van der Waals surface area contributed by atoms with Crippen LogP contribution in [-0.2, 0) is 41.3 Å². The van der Waals surface area contributed by atoms with E-state index < -0.39 is 114 Å². The zero-order valence-corrected chi connectivity index (χ0v) is 46.2. The van der Waals surface area contributed by atoms with Gasteiger partial charge in [0.15, 0.2) is 18.4 Å². The van der Waals surface area contributed by atoms with Crippen LogP contribution in [0.2, 0.25) is 0 Å². The Morgan fingerprint density at radius 1 is 0.986 bits per heavy atom. The summed E-state index contributed by atoms with van der Waals surface area (Å²) >= 11 is 0. The summed E-state index contributed by atoms with van der Waals surface area (Å²) in [6, 6.07) is 6.59. The predicted octanol–water partition coefficient (Wildman–Crippen LogP) is 5.57. The first-order chi connectivity index (χ1) is 34.8. The van der Waals surface area contributed by atoms with Gasteiger partial charge in [-0.05, 0) is 112 Å². The molecule has 19 heteroatoms. The number of hydrogen-bond acceptors (Lipinski definition) is 17. The van der Waals surface area contributed by atoms with Crippen LogP contribution < -0.4 is 0 Å². The molecule has 418 valence electrons. The number of oxazole rings is 1. The molecule has 0 saturated carbocycles. The second-order valence-electron chi connectivity index (χ2n) is 23.0. The Kier molecular flexibility index (Phi) is 20.5. The lowest BCUT2D eigenvalue weighted by molar-refractivity contribution is -0.302. The summed E-state index contributed by atoms with van der Waals surface area (Å²) in [5.74, 6) is -2.50. The Morgan fingerprint density at radius 2 is 1.69 bits per heavy atom. The van der Waals surface area contributed by atoms with Gasteiger partial charge in [0.2, 0.25) is 0 Å². The number of halogens is 1. The molecule has 3 aliphatic heterocycles. The average Bonchev–Trinajstić information content (AvgIpc) is 4.08. The number of esters is 1. The number of aryl methyl sites for hydroxylation is 1. The first-order valence-electron chi connectivity index (χ1n) is 26.9. The first-order valence-corrected chi connectivity index (χ1v) is 26.9. The summed E-state index contributed by atoms with van der Waals surface area (Å²) in [5, 5.41) is 68.9. The molecule has 0 radical (unpaired) electrons. The predicted molar refractivity (Wildman–Crippen MR) is 275 cm³/mol. The average molecular weight is 1050 g/mol. The highest BCUT2D eigenvalue weighted by atomic mass is 19.1. The number of cyclic esters (lactones) is 1. The lowest BCUT2D eigenvalue weighted by Gasteiger charge is -2.51. The van der Waals surface area contributed by atoms with Gasteiger partial charge in [-0.1, -0.05) is 57.2 Å². The Balaban J connectivity index is 1.21. The van der Waals surface area contributed by atoms with Gasteiger partial charge in [-0.2, -0.15) is 0 Å². The number of benzene rings is 1. The SMILES string of the molecule is CC[C@H]1OC(=O)[C@H](C)C([C@H]2C[C@@](C)(OC)[C@@H](O)[C@H](C)O2)[C@H](C)[C@@H](O[C@@H]2O[C@H](C)C[C@H](N(C)CCc3cn([C@H](CF)CCCc4ccc(-c5cnco5)cc4)nn3)[C@H]2O)[C@](C)(O)C[C@@H](C)CN(C)[C@H](C)[C@@H](O)[C@]1(C)O. The van der Waals surface area contributed by atoms with E-state index in [0.29, 0.717) is 43.8 Å². The van der Waals surface area contributed by atoms with Crippen LogP contribution >= 0.6 is 0 Å². The number of aromatic nitrogens is 4. The summed E-state index contributed by atoms with van der Waals surface area (Å²) in [6.45, 7) is 18.2. The summed E-state index contributed by atoms with van der Waals surface area (Å²) in [7, 11) is 5.29. The smallest absolute Gasteiger partial charge is 0.309 e. The van der Waals surface area contributed by atoms with Gasteiger partial charge in [0, 0.05) is 62.8 Å². The Morgan fingerprint density at radius 3 is 2.32 bits per heavy atom. The fourth-order valence-electron chi connectivity index (χ4n) is 12.3.